The van der Waals surface area contributed by atoms with Crippen LogP contribution in [0.4, 0.5) is 0 Å². The van der Waals surface area contributed by atoms with Crippen LogP contribution in [0.5, 0.6) is 0 Å². The van der Waals surface area contributed by atoms with Crippen LogP contribution < -0.4 is 0 Å². The Morgan fingerprint density at radius 2 is 1.75 bits per heavy atom. The third kappa shape index (κ3) is 2.95. The third-order valence-corrected chi connectivity index (χ3v) is 3.07. The van der Waals surface area contributed by atoms with Crippen LogP contribution in [-0.2, 0) is 19.1 Å². The minimum absolute atomic E-state index is 0.177. The second kappa shape index (κ2) is 5.84. The van der Waals surface area contributed by atoms with Crippen molar-refractivity contribution in [1.29, 1.82) is 0 Å². The zero-order valence-corrected chi connectivity index (χ0v) is 9.64. The van der Waals surface area contributed by atoms with Gasteiger partial charge < -0.3 is 14.6 Å². The van der Waals surface area contributed by atoms with Crippen molar-refractivity contribution in [2.75, 3.05) is 14.2 Å². The summed E-state index contributed by atoms with van der Waals surface area (Å²) < 4.78 is 9.20. The zero-order chi connectivity index (χ0) is 12.1. The van der Waals surface area contributed by atoms with Crippen molar-refractivity contribution in [3.05, 3.63) is 0 Å². The van der Waals surface area contributed by atoms with E-state index in [-0.39, 0.29) is 5.92 Å². The molecule has 0 heterocycles. The second-order valence-electron chi connectivity index (χ2n) is 4.10. The van der Waals surface area contributed by atoms with Crippen molar-refractivity contribution >= 4 is 11.9 Å². The van der Waals surface area contributed by atoms with Gasteiger partial charge in [-0.15, -0.1) is 0 Å². The Kier molecular flexibility index (Phi) is 4.73. The average Bonchev–Trinajstić information content (AvgIpc) is 2.29. The van der Waals surface area contributed by atoms with Gasteiger partial charge in [-0.05, 0) is 25.2 Å². The molecule has 0 spiro atoms. The Hall–Kier alpha value is -1.10. The smallest absolute Gasteiger partial charge is 0.320 e. The van der Waals surface area contributed by atoms with E-state index in [2.05, 4.69) is 9.47 Å². The van der Waals surface area contributed by atoms with Gasteiger partial charge in [-0.25, -0.2) is 0 Å². The van der Waals surface area contributed by atoms with Crippen LogP contribution in [0.3, 0.4) is 0 Å². The molecule has 0 aliphatic heterocycles. The van der Waals surface area contributed by atoms with E-state index < -0.39 is 24.0 Å². The van der Waals surface area contributed by atoms with E-state index in [0.717, 1.165) is 19.3 Å². The fourth-order valence-corrected chi connectivity index (χ4v) is 2.24. The molecule has 5 nitrogen and oxygen atoms in total. The summed E-state index contributed by atoms with van der Waals surface area (Å²) in [7, 11) is 2.50. The molecule has 0 unspecified atom stereocenters. The normalized spacial score (nSPS) is 25.2. The van der Waals surface area contributed by atoms with E-state index in [9.17, 15) is 14.7 Å². The zero-order valence-electron chi connectivity index (χ0n) is 9.64. The van der Waals surface area contributed by atoms with Gasteiger partial charge in [-0.1, -0.05) is 6.42 Å². The van der Waals surface area contributed by atoms with Crippen LogP contribution in [0.2, 0.25) is 0 Å². The molecule has 1 rings (SSSR count). The van der Waals surface area contributed by atoms with E-state index in [4.69, 9.17) is 0 Å². The van der Waals surface area contributed by atoms with Crippen LogP contribution >= 0.6 is 0 Å². The number of aliphatic hydroxyl groups excluding tert-OH is 1. The lowest BCUT2D eigenvalue weighted by Crippen LogP contribution is -2.37. The maximum atomic E-state index is 11.5. The highest BCUT2D eigenvalue weighted by Crippen LogP contribution is 2.31. The molecule has 1 aliphatic rings. The van der Waals surface area contributed by atoms with E-state index in [1.807, 2.05) is 0 Å². The number of carbonyl (C=O) groups is 2. The summed E-state index contributed by atoms with van der Waals surface area (Å²) in [6.07, 6.45) is 2.30. The van der Waals surface area contributed by atoms with Gasteiger partial charge in [-0.2, -0.15) is 0 Å². The maximum absolute atomic E-state index is 11.5. The highest BCUT2D eigenvalue weighted by Gasteiger charge is 2.39. The molecule has 2 atom stereocenters. The number of ether oxygens (including phenoxy) is 2. The largest absolute Gasteiger partial charge is 0.468 e. The predicted molar refractivity (Wildman–Crippen MR) is 55.5 cm³/mol. The summed E-state index contributed by atoms with van der Waals surface area (Å²) in [4.78, 5) is 23.0. The molecule has 0 bridgehead atoms. The number of methoxy groups -OCH3 is 2. The number of rotatable bonds is 3. The summed E-state index contributed by atoms with van der Waals surface area (Å²) in [5.41, 5.74) is 0. The quantitative estimate of drug-likeness (QED) is 0.564. The Morgan fingerprint density at radius 1 is 1.19 bits per heavy atom. The molecule has 1 saturated carbocycles. The van der Waals surface area contributed by atoms with Crippen molar-refractivity contribution < 1.29 is 24.2 Å². The fraction of sp³-hybridized carbons (Fsp3) is 0.818. The highest BCUT2D eigenvalue weighted by molar-refractivity contribution is 5.95. The SMILES string of the molecule is COC(=O)C(C(=O)OC)[C@H]1CCC[C@@H](O)C1. The van der Waals surface area contributed by atoms with Crippen LogP contribution in [-0.4, -0.2) is 37.4 Å². The monoisotopic (exact) mass is 230 g/mol. The lowest BCUT2D eigenvalue weighted by atomic mass is 9.78. The average molecular weight is 230 g/mol. The molecule has 1 fully saturated rings. The Balaban J connectivity index is 2.75. The minimum Gasteiger partial charge on any atom is -0.468 e. The lowest BCUT2D eigenvalue weighted by Gasteiger charge is -2.29. The van der Waals surface area contributed by atoms with Gasteiger partial charge in [0.15, 0.2) is 5.92 Å². The molecule has 1 N–H and O–H groups in total. The molecule has 0 radical (unpaired) electrons. The molecule has 0 amide bonds. The van der Waals surface area contributed by atoms with Crippen molar-refractivity contribution in [2.45, 2.75) is 31.8 Å². The third-order valence-electron chi connectivity index (χ3n) is 3.07. The van der Waals surface area contributed by atoms with Gasteiger partial charge in [0.25, 0.3) is 0 Å². The first-order valence-electron chi connectivity index (χ1n) is 5.43. The first kappa shape index (κ1) is 13.0. The molecule has 0 saturated heterocycles. The number of carbonyl (C=O) groups excluding carboxylic acids is 2. The van der Waals surface area contributed by atoms with Crippen molar-refractivity contribution in [3.8, 4) is 0 Å². The fourth-order valence-electron chi connectivity index (χ4n) is 2.24. The van der Waals surface area contributed by atoms with Gasteiger partial charge in [0, 0.05) is 0 Å². The summed E-state index contributed by atoms with van der Waals surface area (Å²) in [5, 5.41) is 9.53. The van der Waals surface area contributed by atoms with Gasteiger partial charge in [0.1, 0.15) is 0 Å². The molecular weight excluding hydrogens is 212 g/mol. The van der Waals surface area contributed by atoms with Gasteiger partial charge >= 0.3 is 11.9 Å². The van der Waals surface area contributed by atoms with Crippen LogP contribution in [0, 0.1) is 11.8 Å². The second-order valence-corrected chi connectivity index (χ2v) is 4.10. The molecule has 1 aliphatic carbocycles. The van der Waals surface area contributed by atoms with Crippen LogP contribution in [0.1, 0.15) is 25.7 Å². The Labute approximate surface area is 94.7 Å². The number of aliphatic hydroxyl groups is 1. The first-order chi connectivity index (χ1) is 7.60. The van der Waals surface area contributed by atoms with E-state index in [0.29, 0.717) is 6.42 Å². The number of esters is 2. The molecule has 0 aromatic heterocycles. The maximum Gasteiger partial charge on any atom is 0.320 e. The Bertz CT molecular complexity index is 247. The highest BCUT2D eigenvalue weighted by atomic mass is 16.5. The molecule has 92 valence electrons. The minimum atomic E-state index is -0.898. The van der Waals surface area contributed by atoms with Crippen molar-refractivity contribution in [3.63, 3.8) is 0 Å². The lowest BCUT2D eigenvalue weighted by molar-refractivity contribution is -0.162. The molecule has 0 aromatic carbocycles. The standard InChI is InChI=1S/C11H18O5/c1-15-10(13)9(11(14)16-2)7-4-3-5-8(12)6-7/h7-9,12H,3-6H2,1-2H3/t7-,8+/m0/s1. The van der Waals surface area contributed by atoms with Gasteiger partial charge in [-0.3, -0.25) is 9.59 Å². The number of hydrogen-bond donors (Lipinski definition) is 1. The van der Waals surface area contributed by atoms with E-state index in [1.54, 1.807) is 0 Å². The van der Waals surface area contributed by atoms with Crippen LogP contribution in [0.25, 0.3) is 0 Å². The molecule has 0 aromatic rings. The summed E-state index contributed by atoms with van der Waals surface area (Å²) in [6.45, 7) is 0. The summed E-state index contributed by atoms with van der Waals surface area (Å²) >= 11 is 0. The molecule has 5 heteroatoms. The van der Waals surface area contributed by atoms with Crippen molar-refractivity contribution in [2.24, 2.45) is 11.8 Å². The predicted octanol–water partition coefficient (Wildman–Crippen LogP) is 0.500. The van der Waals surface area contributed by atoms with Gasteiger partial charge in [0.05, 0.1) is 20.3 Å². The first-order valence-corrected chi connectivity index (χ1v) is 5.43. The molecular formula is C11H18O5. The van der Waals surface area contributed by atoms with Gasteiger partial charge in [0.2, 0.25) is 0 Å². The topological polar surface area (TPSA) is 72.8 Å². The van der Waals surface area contributed by atoms with E-state index >= 15 is 0 Å². The number of hydrogen-bond acceptors (Lipinski definition) is 5. The molecule has 16 heavy (non-hydrogen) atoms. The Morgan fingerprint density at radius 3 is 2.19 bits per heavy atom. The van der Waals surface area contributed by atoms with E-state index in [1.165, 1.54) is 14.2 Å². The summed E-state index contributed by atoms with van der Waals surface area (Å²) in [6, 6.07) is 0. The van der Waals surface area contributed by atoms with Crippen molar-refractivity contribution in [1.82, 2.24) is 0 Å². The summed E-state index contributed by atoms with van der Waals surface area (Å²) in [5.74, 6) is -2.23. The van der Waals surface area contributed by atoms with Crippen LogP contribution in [0.15, 0.2) is 0 Å².